The Kier molecular flexibility index (Phi) is 4.78. The lowest BCUT2D eigenvalue weighted by atomic mass is 10.1. The summed E-state index contributed by atoms with van der Waals surface area (Å²) in [4.78, 5) is 8.44. The van der Waals surface area contributed by atoms with Crippen LogP contribution in [-0.4, -0.2) is 44.2 Å². The number of quaternary nitrogens is 1. The summed E-state index contributed by atoms with van der Waals surface area (Å²) in [6.45, 7) is 6.06. The Hall–Kier alpha value is -0.970. The second-order valence-electron chi connectivity index (χ2n) is 6.02. The summed E-state index contributed by atoms with van der Waals surface area (Å²) in [5.74, 6) is -0.192. The first kappa shape index (κ1) is 15.4. The summed E-state index contributed by atoms with van der Waals surface area (Å²) in [6.07, 6.45) is 2.28. The second-order valence-corrected chi connectivity index (χ2v) is 6.02. The van der Waals surface area contributed by atoms with E-state index < -0.39 is 0 Å². The lowest BCUT2D eigenvalue weighted by Crippen LogP contribution is -2.55. The second kappa shape index (κ2) is 6.20. The van der Waals surface area contributed by atoms with Crippen LogP contribution in [0.5, 0.6) is 0 Å². The van der Waals surface area contributed by atoms with Crippen LogP contribution in [-0.2, 0) is 4.84 Å². The molecule has 112 valence electrons. The van der Waals surface area contributed by atoms with Gasteiger partial charge < -0.3 is 4.90 Å². The standard InChI is InChI=1S/C16H26FN2O/c1-5-15-11-13(2)20-19(15,10-9-18(3)4)16-8-6-7-14(17)12-16/h6-8,12-13,15H,5,9-11H2,1-4H3/q+1. The number of halogens is 1. The normalized spacial score (nSPS) is 30.1. The van der Waals surface area contributed by atoms with E-state index in [4.69, 9.17) is 4.84 Å². The summed E-state index contributed by atoms with van der Waals surface area (Å²) < 4.78 is 14.1. The number of nitrogens with zero attached hydrogens (tertiary/aromatic N) is 2. The first-order valence-electron chi connectivity index (χ1n) is 7.45. The van der Waals surface area contributed by atoms with Crippen molar-refractivity contribution in [3.05, 3.63) is 30.1 Å². The van der Waals surface area contributed by atoms with E-state index in [1.165, 1.54) is 6.07 Å². The summed E-state index contributed by atoms with van der Waals surface area (Å²) in [6, 6.07) is 7.27. The van der Waals surface area contributed by atoms with Crippen LogP contribution < -0.4 is 4.65 Å². The monoisotopic (exact) mass is 281 g/mol. The summed E-state index contributed by atoms with van der Waals surface area (Å²) >= 11 is 0. The maximum atomic E-state index is 13.6. The van der Waals surface area contributed by atoms with Crippen molar-refractivity contribution < 1.29 is 9.23 Å². The van der Waals surface area contributed by atoms with E-state index in [1.807, 2.05) is 6.07 Å². The van der Waals surface area contributed by atoms with Crippen molar-refractivity contribution in [2.24, 2.45) is 0 Å². The van der Waals surface area contributed by atoms with Gasteiger partial charge in [-0.05, 0) is 27.1 Å². The quantitative estimate of drug-likeness (QED) is 0.769. The number of likely N-dealkylation sites (N-methyl/N-ethyl adjacent to an activating group) is 1. The number of hydroxylamine groups is 2. The average Bonchev–Trinajstić information content (AvgIpc) is 2.74. The Labute approximate surface area is 121 Å². The molecule has 2 rings (SSSR count). The summed E-state index contributed by atoms with van der Waals surface area (Å²) in [5.41, 5.74) is 0.933. The number of hydrogen-bond donors (Lipinski definition) is 0. The van der Waals surface area contributed by atoms with Gasteiger partial charge in [-0.25, -0.2) is 4.39 Å². The van der Waals surface area contributed by atoms with E-state index in [9.17, 15) is 4.39 Å². The van der Waals surface area contributed by atoms with Gasteiger partial charge in [-0.3, -0.25) is 0 Å². The van der Waals surface area contributed by atoms with Gasteiger partial charge in [0.15, 0.2) is 5.69 Å². The highest BCUT2D eigenvalue weighted by Crippen LogP contribution is 2.38. The van der Waals surface area contributed by atoms with E-state index in [2.05, 4.69) is 32.8 Å². The first-order valence-corrected chi connectivity index (χ1v) is 7.45. The molecule has 1 aromatic carbocycles. The van der Waals surface area contributed by atoms with Crippen LogP contribution >= 0.6 is 0 Å². The molecule has 0 aromatic heterocycles. The van der Waals surface area contributed by atoms with Gasteiger partial charge in [0.2, 0.25) is 0 Å². The molecule has 1 fully saturated rings. The van der Waals surface area contributed by atoms with Gasteiger partial charge in [0.05, 0.1) is 6.54 Å². The molecule has 0 saturated carbocycles. The molecule has 20 heavy (non-hydrogen) atoms. The van der Waals surface area contributed by atoms with Crippen LogP contribution in [0.1, 0.15) is 26.7 Å². The molecule has 0 aliphatic carbocycles. The molecule has 1 aliphatic rings. The fraction of sp³-hybridized carbons (Fsp3) is 0.625. The molecule has 3 unspecified atom stereocenters. The van der Waals surface area contributed by atoms with Gasteiger partial charge in [-0.15, -0.1) is 4.65 Å². The molecular weight excluding hydrogens is 255 g/mol. The minimum absolute atomic E-state index is 0.192. The van der Waals surface area contributed by atoms with Crippen LogP contribution in [0.25, 0.3) is 0 Å². The van der Waals surface area contributed by atoms with Crippen molar-refractivity contribution in [2.75, 3.05) is 27.2 Å². The third-order valence-corrected chi connectivity index (χ3v) is 4.16. The molecule has 3 atom stereocenters. The maximum Gasteiger partial charge on any atom is 0.168 e. The third-order valence-electron chi connectivity index (χ3n) is 4.16. The van der Waals surface area contributed by atoms with Crippen molar-refractivity contribution in [1.82, 2.24) is 9.55 Å². The van der Waals surface area contributed by atoms with E-state index in [1.54, 1.807) is 12.1 Å². The zero-order valence-electron chi connectivity index (χ0n) is 13.0. The van der Waals surface area contributed by atoms with Crippen LogP contribution in [0, 0.1) is 5.82 Å². The van der Waals surface area contributed by atoms with E-state index in [0.717, 1.165) is 31.6 Å². The topological polar surface area (TPSA) is 12.5 Å². The zero-order chi connectivity index (χ0) is 14.8. The van der Waals surface area contributed by atoms with Crippen molar-refractivity contribution in [2.45, 2.75) is 38.8 Å². The minimum atomic E-state index is -0.192. The van der Waals surface area contributed by atoms with E-state index in [0.29, 0.717) is 10.7 Å². The molecular formula is C16H26FN2O+. The molecule has 1 aliphatic heterocycles. The Morgan fingerprint density at radius 2 is 2.15 bits per heavy atom. The Bertz CT molecular complexity index is 452. The fourth-order valence-corrected chi connectivity index (χ4v) is 3.16. The van der Waals surface area contributed by atoms with Gasteiger partial charge in [0.1, 0.15) is 24.5 Å². The average molecular weight is 281 g/mol. The largest absolute Gasteiger partial charge is 0.304 e. The molecule has 3 nitrogen and oxygen atoms in total. The highest BCUT2D eigenvalue weighted by atomic mass is 19.1. The fourth-order valence-electron chi connectivity index (χ4n) is 3.16. The van der Waals surface area contributed by atoms with Gasteiger partial charge in [0, 0.05) is 25.0 Å². The van der Waals surface area contributed by atoms with Crippen LogP contribution in [0.4, 0.5) is 10.1 Å². The molecule has 0 spiro atoms. The number of hydrogen-bond acceptors (Lipinski definition) is 2. The smallest absolute Gasteiger partial charge is 0.168 e. The minimum Gasteiger partial charge on any atom is -0.304 e. The van der Waals surface area contributed by atoms with Crippen molar-refractivity contribution >= 4 is 5.69 Å². The molecule has 0 bridgehead atoms. The molecule has 4 heteroatoms. The Morgan fingerprint density at radius 3 is 2.75 bits per heavy atom. The van der Waals surface area contributed by atoms with E-state index >= 15 is 0 Å². The van der Waals surface area contributed by atoms with Crippen molar-refractivity contribution in [1.29, 1.82) is 0 Å². The van der Waals surface area contributed by atoms with Crippen LogP contribution in [0.2, 0.25) is 0 Å². The van der Waals surface area contributed by atoms with Gasteiger partial charge in [-0.1, -0.05) is 13.0 Å². The highest BCUT2D eigenvalue weighted by Gasteiger charge is 2.48. The molecule has 1 saturated heterocycles. The van der Waals surface area contributed by atoms with Gasteiger partial charge >= 0.3 is 0 Å². The number of rotatable bonds is 5. The lowest BCUT2D eigenvalue weighted by molar-refractivity contribution is -0.148. The maximum absolute atomic E-state index is 13.6. The van der Waals surface area contributed by atoms with Crippen LogP contribution in [0.15, 0.2) is 24.3 Å². The summed E-state index contributed by atoms with van der Waals surface area (Å²) in [7, 11) is 4.12. The molecule has 0 N–H and O–H groups in total. The first-order chi connectivity index (χ1) is 9.48. The highest BCUT2D eigenvalue weighted by molar-refractivity contribution is 5.42. The van der Waals surface area contributed by atoms with Gasteiger partial charge in [-0.2, -0.15) is 4.84 Å². The predicted molar refractivity (Wildman–Crippen MR) is 80.9 cm³/mol. The third kappa shape index (κ3) is 3.03. The molecule has 0 radical (unpaired) electrons. The zero-order valence-corrected chi connectivity index (χ0v) is 13.0. The SMILES string of the molecule is CCC1CC(C)O[N+]1(CCN(C)C)c1cccc(F)c1. The van der Waals surface area contributed by atoms with Crippen molar-refractivity contribution in [3.8, 4) is 0 Å². The molecule has 1 aromatic rings. The molecule has 0 amide bonds. The van der Waals surface area contributed by atoms with Crippen molar-refractivity contribution in [3.63, 3.8) is 0 Å². The van der Waals surface area contributed by atoms with Crippen LogP contribution in [0.3, 0.4) is 0 Å². The Balaban J connectivity index is 2.38. The number of benzene rings is 1. The predicted octanol–water partition coefficient (Wildman–Crippen LogP) is 3.20. The van der Waals surface area contributed by atoms with E-state index in [-0.39, 0.29) is 11.9 Å². The Morgan fingerprint density at radius 1 is 1.40 bits per heavy atom. The summed E-state index contributed by atoms with van der Waals surface area (Å²) in [5, 5.41) is 0. The lowest BCUT2D eigenvalue weighted by Gasteiger charge is -2.36. The van der Waals surface area contributed by atoms with Gasteiger partial charge in [0.25, 0.3) is 0 Å². The molecule has 1 heterocycles.